The Morgan fingerprint density at radius 2 is 1.53 bits per heavy atom. The quantitative estimate of drug-likeness (QED) is 0.619. The van der Waals surface area contributed by atoms with Crippen molar-refractivity contribution < 1.29 is 49.0 Å². The van der Waals surface area contributed by atoms with Crippen LogP contribution < -0.4 is 18.9 Å². The SMILES string of the molecule is COc1ccc(OC)c(NS(=O)(=O)c2cc(C(F)(F)F)ccc2OCC(F)(F)F)c1. The van der Waals surface area contributed by atoms with Crippen molar-refractivity contribution in [3.8, 4) is 17.2 Å². The van der Waals surface area contributed by atoms with Gasteiger partial charge in [0.05, 0.1) is 25.5 Å². The van der Waals surface area contributed by atoms with E-state index in [0.29, 0.717) is 12.1 Å². The lowest BCUT2D eigenvalue weighted by molar-refractivity contribution is -0.154. The molecule has 0 aliphatic rings. The number of anilines is 1. The summed E-state index contributed by atoms with van der Waals surface area (Å²) in [5, 5.41) is 0. The molecule has 2 aromatic carbocycles. The molecular weight excluding hydrogens is 444 g/mol. The first-order chi connectivity index (χ1) is 13.8. The third-order valence-electron chi connectivity index (χ3n) is 3.60. The van der Waals surface area contributed by atoms with Gasteiger partial charge in [-0.25, -0.2) is 8.42 Å². The maximum atomic E-state index is 13.0. The van der Waals surface area contributed by atoms with Gasteiger partial charge in [-0.3, -0.25) is 4.72 Å². The number of halogens is 6. The van der Waals surface area contributed by atoms with E-state index in [2.05, 4.69) is 4.74 Å². The van der Waals surface area contributed by atoms with Crippen molar-refractivity contribution in [1.82, 2.24) is 0 Å². The standard InChI is InChI=1S/C17H15F6NO5S/c1-27-11-4-6-13(28-2)12(8-11)24-30(25,26)15-7-10(17(21,22)23)3-5-14(15)29-9-16(18,19)20/h3-8,24H,9H2,1-2H3. The van der Waals surface area contributed by atoms with Gasteiger partial charge in [0.1, 0.15) is 22.1 Å². The van der Waals surface area contributed by atoms with Gasteiger partial charge in [-0.15, -0.1) is 0 Å². The first-order valence-corrected chi connectivity index (χ1v) is 9.41. The molecule has 2 rings (SSSR count). The molecule has 0 unspecified atom stereocenters. The number of hydrogen-bond donors (Lipinski definition) is 1. The Balaban J connectivity index is 2.55. The van der Waals surface area contributed by atoms with Gasteiger partial charge < -0.3 is 14.2 Å². The number of hydrogen-bond acceptors (Lipinski definition) is 5. The van der Waals surface area contributed by atoms with Crippen molar-refractivity contribution >= 4 is 15.7 Å². The number of ether oxygens (including phenoxy) is 3. The minimum absolute atomic E-state index is 0.0101. The van der Waals surface area contributed by atoms with Crippen LogP contribution in [0.3, 0.4) is 0 Å². The Labute approximate surface area is 167 Å². The zero-order chi connectivity index (χ0) is 22.7. The molecule has 30 heavy (non-hydrogen) atoms. The molecule has 6 nitrogen and oxygen atoms in total. The van der Waals surface area contributed by atoms with Gasteiger partial charge in [-0.1, -0.05) is 0 Å². The highest BCUT2D eigenvalue weighted by atomic mass is 32.2. The second-order valence-electron chi connectivity index (χ2n) is 5.73. The summed E-state index contributed by atoms with van der Waals surface area (Å²) in [5.74, 6) is -0.732. The summed E-state index contributed by atoms with van der Waals surface area (Å²) in [6, 6.07) is 5.03. The molecule has 0 aliphatic carbocycles. The molecule has 0 heterocycles. The first-order valence-electron chi connectivity index (χ1n) is 7.92. The van der Waals surface area contributed by atoms with E-state index >= 15 is 0 Å². The Morgan fingerprint density at radius 3 is 2.07 bits per heavy atom. The van der Waals surface area contributed by atoms with Crippen molar-refractivity contribution in [3.05, 3.63) is 42.0 Å². The minimum Gasteiger partial charge on any atom is -0.497 e. The highest BCUT2D eigenvalue weighted by Gasteiger charge is 2.35. The Hall–Kier alpha value is -2.83. The van der Waals surface area contributed by atoms with E-state index < -0.39 is 45.2 Å². The molecular formula is C17H15F6NO5S. The number of benzene rings is 2. The van der Waals surface area contributed by atoms with Crippen molar-refractivity contribution in [3.63, 3.8) is 0 Å². The summed E-state index contributed by atoms with van der Waals surface area (Å²) in [5.41, 5.74) is -1.60. The monoisotopic (exact) mass is 459 g/mol. The third kappa shape index (κ3) is 5.84. The summed E-state index contributed by atoms with van der Waals surface area (Å²) in [6.07, 6.45) is -9.78. The van der Waals surface area contributed by atoms with E-state index in [1.807, 2.05) is 4.72 Å². The summed E-state index contributed by atoms with van der Waals surface area (Å²) in [7, 11) is -2.33. The van der Waals surface area contributed by atoms with Crippen molar-refractivity contribution in [2.45, 2.75) is 17.2 Å². The molecule has 0 aliphatic heterocycles. The number of sulfonamides is 1. The Morgan fingerprint density at radius 1 is 0.900 bits per heavy atom. The van der Waals surface area contributed by atoms with Crippen LogP contribution in [0.5, 0.6) is 17.2 Å². The molecule has 0 amide bonds. The average molecular weight is 459 g/mol. The van der Waals surface area contributed by atoms with Crippen LogP contribution >= 0.6 is 0 Å². The van der Waals surface area contributed by atoms with Crippen LogP contribution in [0.15, 0.2) is 41.3 Å². The molecule has 0 fully saturated rings. The first kappa shape index (κ1) is 23.4. The fourth-order valence-corrected chi connectivity index (χ4v) is 3.50. The van der Waals surface area contributed by atoms with E-state index in [4.69, 9.17) is 9.47 Å². The van der Waals surface area contributed by atoms with Crippen LogP contribution in [0.4, 0.5) is 32.0 Å². The highest BCUT2D eigenvalue weighted by Crippen LogP contribution is 2.37. The molecule has 0 aromatic heterocycles. The predicted molar refractivity (Wildman–Crippen MR) is 93.3 cm³/mol. The fourth-order valence-electron chi connectivity index (χ4n) is 2.27. The van der Waals surface area contributed by atoms with E-state index in [-0.39, 0.29) is 23.3 Å². The summed E-state index contributed by atoms with van der Waals surface area (Å²) < 4.78 is 118. The van der Waals surface area contributed by atoms with Crippen LogP contribution in [0.1, 0.15) is 5.56 Å². The summed E-state index contributed by atoms with van der Waals surface area (Å²) in [4.78, 5) is -1.13. The molecule has 13 heteroatoms. The molecule has 0 spiro atoms. The fraction of sp³-hybridized carbons (Fsp3) is 0.294. The number of rotatable bonds is 7. The second kappa shape index (κ2) is 8.50. The minimum atomic E-state index is -4.94. The maximum absolute atomic E-state index is 13.0. The van der Waals surface area contributed by atoms with Crippen LogP contribution in [0, 0.1) is 0 Å². The van der Waals surface area contributed by atoms with E-state index in [9.17, 15) is 34.8 Å². The van der Waals surface area contributed by atoms with Gasteiger partial charge in [0.25, 0.3) is 10.0 Å². The highest BCUT2D eigenvalue weighted by molar-refractivity contribution is 7.92. The Bertz CT molecular complexity index is 1000. The molecule has 0 atom stereocenters. The van der Waals surface area contributed by atoms with Crippen LogP contribution in [0.25, 0.3) is 0 Å². The van der Waals surface area contributed by atoms with Gasteiger partial charge in [-0.2, -0.15) is 26.3 Å². The van der Waals surface area contributed by atoms with Gasteiger partial charge in [0.2, 0.25) is 0 Å². The summed E-state index contributed by atoms with van der Waals surface area (Å²) in [6.45, 7) is -1.90. The maximum Gasteiger partial charge on any atom is 0.422 e. The normalized spacial score (nSPS) is 12.4. The number of alkyl halides is 6. The van der Waals surface area contributed by atoms with Crippen LogP contribution in [-0.4, -0.2) is 35.4 Å². The van der Waals surface area contributed by atoms with Crippen LogP contribution in [-0.2, 0) is 16.2 Å². The van der Waals surface area contributed by atoms with Gasteiger partial charge >= 0.3 is 12.4 Å². The zero-order valence-corrected chi connectivity index (χ0v) is 16.2. The van der Waals surface area contributed by atoms with E-state index in [1.54, 1.807) is 0 Å². The molecule has 0 saturated heterocycles. The smallest absolute Gasteiger partial charge is 0.422 e. The van der Waals surface area contributed by atoms with E-state index in [0.717, 1.165) is 0 Å². The van der Waals surface area contributed by atoms with Crippen molar-refractivity contribution in [1.29, 1.82) is 0 Å². The topological polar surface area (TPSA) is 73.9 Å². The third-order valence-corrected chi connectivity index (χ3v) is 4.99. The van der Waals surface area contributed by atoms with Crippen LogP contribution in [0.2, 0.25) is 0 Å². The van der Waals surface area contributed by atoms with Gasteiger partial charge in [-0.05, 0) is 30.3 Å². The molecule has 1 N–H and O–H groups in total. The number of nitrogens with one attached hydrogen (secondary N) is 1. The molecule has 0 radical (unpaired) electrons. The van der Waals surface area contributed by atoms with Gasteiger partial charge in [0.15, 0.2) is 6.61 Å². The van der Waals surface area contributed by atoms with Crippen molar-refractivity contribution in [2.75, 3.05) is 25.5 Å². The predicted octanol–water partition coefficient (Wildman–Crippen LogP) is 4.46. The van der Waals surface area contributed by atoms with Gasteiger partial charge in [0, 0.05) is 6.07 Å². The molecule has 0 saturated carbocycles. The Kier molecular flexibility index (Phi) is 6.64. The lowest BCUT2D eigenvalue weighted by atomic mass is 10.2. The largest absolute Gasteiger partial charge is 0.497 e. The van der Waals surface area contributed by atoms with E-state index in [1.165, 1.54) is 32.4 Å². The zero-order valence-electron chi connectivity index (χ0n) is 15.4. The molecule has 166 valence electrons. The summed E-state index contributed by atoms with van der Waals surface area (Å²) >= 11 is 0. The second-order valence-corrected chi connectivity index (χ2v) is 7.39. The lowest BCUT2D eigenvalue weighted by Crippen LogP contribution is -2.22. The average Bonchev–Trinajstić information content (AvgIpc) is 2.64. The van der Waals surface area contributed by atoms with Crippen molar-refractivity contribution in [2.24, 2.45) is 0 Å². The molecule has 0 bridgehead atoms. The number of methoxy groups -OCH3 is 2. The lowest BCUT2D eigenvalue weighted by Gasteiger charge is -2.17. The molecule has 2 aromatic rings.